The topological polar surface area (TPSA) is 81.7 Å². The standard InChI is InChI=1S/C9H11ClN6/c1-2-16-4-6(3-14-16)15-9-7(10)8(11)12-5-13-9/h3-5H,2H2,1H3,(H3,11,12,13,15). The lowest BCUT2D eigenvalue weighted by atomic mass is 10.5. The van der Waals surface area contributed by atoms with Crippen molar-refractivity contribution in [2.75, 3.05) is 11.1 Å². The van der Waals surface area contributed by atoms with Crippen LogP contribution in [0.2, 0.25) is 5.02 Å². The van der Waals surface area contributed by atoms with Crippen LogP contribution in [0.25, 0.3) is 0 Å². The molecule has 0 fully saturated rings. The first-order valence-electron chi connectivity index (χ1n) is 4.76. The minimum Gasteiger partial charge on any atom is -0.382 e. The van der Waals surface area contributed by atoms with E-state index in [2.05, 4.69) is 20.4 Å². The summed E-state index contributed by atoms with van der Waals surface area (Å²) >= 11 is 5.94. The zero-order valence-electron chi connectivity index (χ0n) is 8.68. The van der Waals surface area contributed by atoms with Crippen LogP contribution in [0.4, 0.5) is 17.3 Å². The molecule has 0 unspecified atom stereocenters. The molecule has 7 heteroatoms. The average molecular weight is 239 g/mol. The van der Waals surface area contributed by atoms with Gasteiger partial charge in [-0.1, -0.05) is 11.6 Å². The third-order valence-electron chi connectivity index (χ3n) is 2.04. The fraction of sp³-hybridized carbons (Fsp3) is 0.222. The Bertz CT molecular complexity index is 494. The van der Waals surface area contributed by atoms with Gasteiger partial charge in [0.05, 0.1) is 11.9 Å². The highest BCUT2D eigenvalue weighted by atomic mass is 35.5. The summed E-state index contributed by atoms with van der Waals surface area (Å²) in [5.41, 5.74) is 6.37. The van der Waals surface area contributed by atoms with E-state index in [4.69, 9.17) is 17.3 Å². The number of rotatable bonds is 3. The molecule has 0 spiro atoms. The molecule has 2 aromatic rings. The molecule has 0 aliphatic rings. The Labute approximate surface area is 97.5 Å². The van der Waals surface area contributed by atoms with Gasteiger partial charge in [0, 0.05) is 12.7 Å². The lowest BCUT2D eigenvalue weighted by Gasteiger charge is -2.05. The molecule has 0 aliphatic carbocycles. The first-order chi connectivity index (χ1) is 7.70. The second kappa shape index (κ2) is 4.36. The summed E-state index contributed by atoms with van der Waals surface area (Å²) in [5, 5.41) is 7.45. The van der Waals surface area contributed by atoms with Gasteiger partial charge >= 0.3 is 0 Å². The molecular weight excluding hydrogens is 228 g/mol. The minimum absolute atomic E-state index is 0.252. The van der Waals surface area contributed by atoms with Crippen LogP contribution in [0.1, 0.15) is 6.92 Å². The predicted octanol–water partition coefficient (Wildman–Crippen LogP) is 1.67. The number of hydrogen-bond acceptors (Lipinski definition) is 5. The van der Waals surface area contributed by atoms with Gasteiger partial charge in [0.1, 0.15) is 17.2 Å². The lowest BCUT2D eigenvalue weighted by Crippen LogP contribution is -1.99. The molecule has 0 amide bonds. The van der Waals surface area contributed by atoms with Gasteiger partial charge in [-0.25, -0.2) is 9.97 Å². The number of nitrogens with zero attached hydrogens (tertiary/aromatic N) is 4. The maximum atomic E-state index is 5.94. The quantitative estimate of drug-likeness (QED) is 0.850. The van der Waals surface area contributed by atoms with E-state index in [1.54, 1.807) is 10.9 Å². The van der Waals surface area contributed by atoms with Gasteiger partial charge in [-0.2, -0.15) is 5.10 Å². The molecule has 2 rings (SSSR count). The Balaban J connectivity index is 2.23. The third kappa shape index (κ3) is 2.06. The number of nitrogens with two attached hydrogens (primary N) is 1. The molecule has 2 heterocycles. The minimum atomic E-state index is 0.252. The van der Waals surface area contributed by atoms with Gasteiger partial charge in [0.25, 0.3) is 0 Å². The van der Waals surface area contributed by atoms with Crippen molar-refractivity contribution < 1.29 is 0 Å². The van der Waals surface area contributed by atoms with Crippen LogP contribution < -0.4 is 11.1 Å². The first-order valence-corrected chi connectivity index (χ1v) is 5.14. The zero-order valence-corrected chi connectivity index (χ0v) is 9.44. The van der Waals surface area contributed by atoms with Crippen LogP contribution in [0.3, 0.4) is 0 Å². The first kappa shape index (κ1) is 10.7. The van der Waals surface area contributed by atoms with E-state index in [9.17, 15) is 0 Å². The van der Waals surface area contributed by atoms with E-state index in [0.29, 0.717) is 10.8 Å². The Morgan fingerprint density at radius 2 is 2.31 bits per heavy atom. The molecule has 0 radical (unpaired) electrons. The number of nitrogens with one attached hydrogen (secondary N) is 1. The van der Waals surface area contributed by atoms with Gasteiger partial charge in [0.2, 0.25) is 0 Å². The van der Waals surface area contributed by atoms with Crippen molar-refractivity contribution in [3.63, 3.8) is 0 Å². The van der Waals surface area contributed by atoms with Crippen LogP contribution >= 0.6 is 11.6 Å². The largest absolute Gasteiger partial charge is 0.382 e. The number of aromatic nitrogens is 4. The zero-order chi connectivity index (χ0) is 11.5. The van der Waals surface area contributed by atoms with Crippen molar-refractivity contribution in [2.45, 2.75) is 13.5 Å². The van der Waals surface area contributed by atoms with E-state index in [1.165, 1.54) is 6.33 Å². The summed E-state index contributed by atoms with van der Waals surface area (Å²) in [6, 6.07) is 0. The van der Waals surface area contributed by atoms with Gasteiger partial charge in [-0.3, -0.25) is 4.68 Å². The summed E-state index contributed by atoms with van der Waals surface area (Å²) in [4.78, 5) is 7.77. The van der Waals surface area contributed by atoms with Crippen LogP contribution in [-0.2, 0) is 6.54 Å². The molecule has 0 bridgehead atoms. The van der Waals surface area contributed by atoms with Crippen molar-refractivity contribution >= 4 is 28.9 Å². The molecule has 0 aromatic carbocycles. The molecule has 0 aliphatic heterocycles. The van der Waals surface area contributed by atoms with Gasteiger partial charge < -0.3 is 11.1 Å². The molecule has 84 valence electrons. The Morgan fingerprint density at radius 3 is 3.00 bits per heavy atom. The predicted molar refractivity (Wildman–Crippen MR) is 62.6 cm³/mol. The SMILES string of the molecule is CCn1cc(Nc2ncnc(N)c2Cl)cn1. The van der Waals surface area contributed by atoms with Gasteiger partial charge in [-0.05, 0) is 6.92 Å². The van der Waals surface area contributed by atoms with E-state index in [0.717, 1.165) is 12.2 Å². The summed E-state index contributed by atoms with van der Waals surface area (Å²) < 4.78 is 1.79. The highest BCUT2D eigenvalue weighted by molar-refractivity contribution is 6.35. The smallest absolute Gasteiger partial charge is 0.154 e. The van der Waals surface area contributed by atoms with E-state index < -0.39 is 0 Å². The molecule has 0 atom stereocenters. The fourth-order valence-corrected chi connectivity index (χ4v) is 1.35. The number of hydrogen-bond donors (Lipinski definition) is 2. The van der Waals surface area contributed by atoms with Gasteiger partial charge in [-0.15, -0.1) is 0 Å². The lowest BCUT2D eigenvalue weighted by molar-refractivity contribution is 0.660. The van der Waals surface area contributed by atoms with E-state index in [-0.39, 0.29) is 5.82 Å². The number of halogens is 1. The van der Waals surface area contributed by atoms with Crippen LogP contribution in [-0.4, -0.2) is 19.7 Å². The fourth-order valence-electron chi connectivity index (χ4n) is 1.21. The van der Waals surface area contributed by atoms with E-state index in [1.807, 2.05) is 13.1 Å². The summed E-state index contributed by atoms with van der Waals surface area (Å²) in [6.45, 7) is 2.81. The monoisotopic (exact) mass is 238 g/mol. The van der Waals surface area contributed by atoms with Crippen molar-refractivity contribution in [2.24, 2.45) is 0 Å². The summed E-state index contributed by atoms with van der Waals surface area (Å²) in [6.07, 6.45) is 4.90. The van der Waals surface area contributed by atoms with Crippen LogP contribution in [0, 0.1) is 0 Å². The van der Waals surface area contributed by atoms with Crippen molar-refractivity contribution in [1.29, 1.82) is 0 Å². The average Bonchev–Trinajstić information content (AvgIpc) is 2.73. The molecule has 0 saturated heterocycles. The third-order valence-corrected chi connectivity index (χ3v) is 2.41. The van der Waals surface area contributed by atoms with Crippen molar-refractivity contribution in [3.8, 4) is 0 Å². The van der Waals surface area contributed by atoms with Crippen molar-refractivity contribution in [3.05, 3.63) is 23.7 Å². The second-order valence-electron chi connectivity index (χ2n) is 3.13. The Hall–Kier alpha value is -1.82. The molecule has 2 aromatic heterocycles. The maximum Gasteiger partial charge on any atom is 0.154 e. The summed E-state index contributed by atoms with van der Waals surface area (Å²) in [5.74, 6) is 0.729. The second-order valence-corrected chi connectivity index (χ2v) is 3.51. The molecule has 0 saturated carbocycles. The molecule has 6 nitrogen and oxygen atoms in total. The van der Waals surface area contributed by atoms with E-state index >= 15 is 0 Å². The summed E-state index contributed by atoms with van der Waals surface area (Å²) in [7, 11) is 0. The Kier molecular flexibility index (Phi) is 2.91. The highest BCUT2D eigenvalue weighted by Gasteiger charge is 2.07. The maximum absolute atomic E-state index is 5.94. The van der Waals surface area contributed by atoms with Crippen LogP contribution in [0.5, 0.6) is 0 Å². The Morgan fingerprint density at radius 1 is 1.50 bits per heavy atom. The molecule has 3 N–H and O–H groups in total. The molecular formula is C9H11ClN6. The number of aryl methyl sites for hydroxylation is 1. The normalized spacial score (nSPS) is 10.4. The highest BCUT2D eigenvalue weighted by Crippen LogP contribution is 2.25. The molecule has 16 heavy (non-hydrogen) atoms. The van der Waals surface area contributed by atoms with Crippen molar-refractivity contribution in [1.82, 2.24) is 19.7 Å². The number of anilines is 3. The van der Waals surface area contributed by atoms with Crippen LogP contribution in [0.15, 0.2) is 18.7 Å². The van der Waals surface area contributed by atoms with Gasteiger partial charge in [0.15, 0.2) is 5.82 Å². The number of nitrogen functional groups attached to an aromatic ring is 1.